The molecule has 0 aliphatic rings. The van der Waals surface area contributed by atoms with E-state index in [4.69, 9.17) is 0 Å². The average molecular weight is 455 g/mol. The van der Waals surface area contributed by atoms with Crippen LogP contribution in [0.25, 0.3) is 31.6 Å². The number of hydrogen-bond acceptors (Lipinski definition) is 4. The topological polar surface area (TPSA) is 47.8 Å². The number of alkyl halides is 6. The summed E-state index contributed by atoms with van der Waals surface area (Å²) < 4.78 is 80.4. The van der Waals surface area contributed by atoms with Gasteiger partial charge in [0, 0.05) is 16.3 Å². The Bertz CT molecular complexity index is 1410. The van der Waals surface area contributed by atoms with Crippen molar-refractivity contribution < 1.29 is 26.3 Å². The molecular formula is C20H11F6N3OS. The fraction of sp³-hybridized carbons (Fsp3) is 0.150. The minimum Gasteiger partial charge on any atom is -0.288 e. The van der Waals surface area contributed by atoms with E-state index in [9.17, 15) is 31.1 Å². The van der Waals surface area contributed by atoms with Crippen LogP contribution in [0.2, 0.25) is 0 Å². The maximum Gasteiger partial charge on any atom is 0.435 e. The van der Waals surface area contributed by atoms with Crippen LogP contribution >= 0.6 is 11.3 Å². The molecule has 0 atom stereocenters. The summed E-state index contributed by atoms with van der Waals surface area (Å²) in [5, 5.41) is 3.31. The molecular weight excluding hydrogens is 444 g/mol. The molecule has 0 bridgehead atoms. The van der Waals surface area contributed by atoms with Crippen LogP contribution in [0.5, 0.6) is 0 Å². The highest BCUT2D eigenvalue weighted by atomic mass is 32.1. The average Bonchev–Trinajstić information content (AvgIpc) is 3.17. The van der Waals surface area contributed by atoms with Crippen molar-refractivity contribution in [2.75, 3.05) is 0 Å². The molecule has 0 aliphatic heterocycles. The van der Waals surface area contributed by atoms with Crippen molar-refractivity contribution in [3.8, 4) is 5.69 Å². The normalized spacial score (nSPS) is 12.6. The smallest absolute Gasteiger partial charge is 0.288 e. The summed E-state index contributed by atoms with van der Waals surface area (Å²) in [6.45, 7) is 5.54. The Kier molecular flexibility index (Phi) is 4.69. The lowest BCUT2D eigenvalue weighted by atomic mass is 10.1. The molecule has 4 rings (SSSR count). The van der Waals surface area contributed by atoms with Crippen LogP contribution in [0, 0.1) is 0 Å². The summed E-state index contributed by atoms with van der Waals surface area (Å²) >= 11 is 0.879. The van der Waals surface area contributed by atoms with Crippen LogP contribution in [0.15, 0.2) is 47.9 Å². The molecule has 0 amide bonds. The predicted molar refractivity (Wildman–Crippen MR) is 105 cm³/mol. The summed E-state index contributed by atoms with van der Waals surface area (Å²) in [7, 11) is 0. The summed E-state index contributed by atoms with van der Waals surface area (Å²) in [5.74, 6) is 0. The third-order valence-corrected chi connectivity index (χ3v) is 5.61. The van der Waals surface area contributed by atoms with Crippen molar-refractivity contribution >= 4 is 37.2 Å². The maximum atomic E-state index is 13.6. The van der Waals surface area contributed by atoms with E-state index >= 15 is 0 Å². The van der Waals surface area contributed by atoms with Crippen LogP contribution < -0.4 is 5.43 Å². The lowest BCUT2D eigenvalue weighted by Gasteiger charge is -2.13. The third-order valence-electron chi connectivity index (χ3n) is 4.53. The zero-order valence-corrected chi connectivity index (χ0v) is 16.4. The fourth-order valence-corrected chi connectivity index (χ4v) is 4.03. The van der Waals surface area contributed by atoms with Crippen LogP contribution in [0.1, 0.15) is 23.9 Å². The molecule has 0 spiro atoms. The van der Waals surface area contributed by atoms with Crippen molar-refractivity contribution in [3.05, 3.63) is 70.3 Å². The number of aromatic nitrogens is 3. The van der Waals surface area contributed by atoms with Crippen molar-refractivity contribution in [1.82, 2.24) is 14.8 Å². The van der Waals surface area contributed by atoms with Gasteiger partial charge in [0.25, 0.3) is 0 Å². The van der Waals surface area contributed by atoms with E-state index in [0.717, 1.165) is 23.6 Å². The molecule has 0 saturated heterocycles. The highest BCUT2D eigenvalue weighted by Gasteiger charge is 2.38. The number of pyridine rings is 1. The molecule has 3 aromatic heterocycles. The Morgan fingerprint density at radius 1 is 1.03 bits per heavy atom. The number of fused-ring (bicyclic) bond motifs is 2. The molecule has 11 heteroatoms. The molecule has 31 heavy (non-hydrogen) atoms. The molecule has 0 aliphatic carbocycles. The van der Waals surface area contributed by atoms with E-state index < -0.39 is 34.9 Å². The minimum absolute atomic E-state index is 0.150. The molecule has 4 nitrogen and oxygen atoms in total. The molecule has 0 radical (unpaired) electrons. The van der Waals surface area contributed by atoms with Gasteiger partial charge in [-0.3, -0.25) is 4.79 Å². The molecule has 0 fully saturated rings. The quantitative estimate of drug-likeness (QED) is 0.273. The molecule has 4 aromatic rings. The first kappa shape index (κ1) is 21.0. The molecule has 0 saturated carbocycles. The van der Waals surface area contributed by atoms with Gasteiger partial charge in [-0.1, -0.05) is 18.2 Å². The lowest BCUT2D eigenvalue weighted by Crippen LogP contribution is -2.16. The van der Waals surface area contributed by atoms with E-state index in [1.807, 2.05) is 0 Å². The van der Waals surface area contributed by atoms with Crippen LogP contribution in [0.3, 0.4) is 0 Å². The largest absolute Gasteiger partial charge is 0.435 e. The van der Waals surface area contributed by atoms with E-state index in [2.05, 4.69) is 16.7 Å². The number of nitrogens with zero attached hydrogens (tertiary/aromatic N) is 3. The molecule has 0 unspecified atom stereocenters. The zero-order valence-electron chi connectivity index (χ0n) is 15.6. The van der Waals surface area contributed by atoms with Crippen LogP contribution in [0.4, 0.5) is 26.3 Å². The first-order valence-corrected chi connectivity index (χ1v) is 9.46. The van der Waals surface area contributed by atoms with E-state index in [1.165, 1.54) is 0 Å². The molecule has 0 N–H and O–H groups in total. The lowest BCUT2D eigenvalue weighted by molar-refractivity contribution is -0.141. The van der Waals surface area contributed by atoms with Gasteiger partial charge < -0.3 is 0 Å². The predicted octanol–water partition coefficient (Wildman–Crippen LogP) is 6.07. The Hall–Kier alpha value is -3.21. The second-order valence-corrected chi connectivity index (χ2v) is 7.80. The van der Waals surface area contributed by atoms with Crippen molar-refractivity contribution in [2.45, 2.75) is 19.3 Å². The summed E-state index contributed by atoms with van der Waals surface area (Å²) in [4.78, 5) is 16.4. The van der Waals surface area contributed by atoms with Gasteiger partial charge >= 0.3 is 12.4 Å². The van der Waals surface area contributed by atoms with Gasteiger partial charge in [-0.15, -0.1) is 11.3 Å². The second kappa shape index (κ2) is 6.91. The Balaban J connectivity index is 2.05. The third kappa shape index (κ3) is 3.69. The van der Waals surface area contributed by atoms with E-state index in [1.54, 1.807) is 25.1 Å². The Labute approximate surface area is 174 Å². The summed E-state index contributed by atoms with van der Waals surface area (Å²) in [5.41, 5.74) is -2.79. The first-order chi connectivity index (χ1) is 14.4. The van der Waals surface area contributed by atoms with Crippen molar-refractivity contribution in [2.24, 2.45) is 0 Å². The van der Waals surface area contributed by atoms with E-state index in [0.29, 0.717) is 26.6 Å². The standard InChI is InChI=1S/C20H11F6N3OS/c1-9(2)10-3-4-14-11(7-10)16(30)12-8-13(17(20(24,25)26)27-18(12)31-14)29-6-5-15(28-29)19(21,22)23/h3-8H,1H2,2H3. The van der Waals surface area contributed by atoms with Gasteiger partial charge in [0.05, 0.1) is 11.1 Å². The van der Waals surface area contributed by atoms with Gasteiger partial charge in [-0.2, -0.15) is 31.4 Å². The van der Waals surface area contributed by atoms with Gasteiger partial charge in [-0.25, -0.2) is 9.67 Å². The van der Waals surface area contributed by atoms with Crippen LogP contribution in [-0.4, -0.2) is 14.8 Å². The number of allylic oxidation sites excluding steroid dienone is 1. The van der Waals surface area contributed by atoms with Crippen molar-refractivity contribution in [3.63, 3.8) is 0 Å². The second-order valence-electron chi connectivity index (χ2n) is 6.77. The number of benzene rings is 1. The SMILES string of the molecule is C=C(C)c1ccc2sc3nc(C(F)(F)F)c(-n4ccc(C(F)(F)F)n4)cc3c(=O)c2c1. The first-order valence-electron chi connectivity index (χ1n) is 8.64. The fourth-order valence-electron chi connectivity index (χ4n) is 3.03. The van der Waals surface area contributed by atoms with Crippen LogP contribution in [-0.2, 0) is 12.4 Å². The molecule has 1 aromatic carbocycles. The van der Waals surface area contributed by atoms with Gasteiger partial charge in [0.15, 0.2) is 16.8 Å². The van der Waals surface area contributed by atoms with Gasteiger partial charge in [0.2, 0.25) is 0 Å². The Morgan fingerprint density at radius 2 is 1.74 bits per heavy atom. The molecule has 160 valence electrons. The zero-order chi connectivity index (χ0) is 22.7. The summed E-state index contributed by atoms with van der Waals surface area (Å²) in [6.07, 6.45) is -9.08. The highest BCUT2D eigenvalue weighted by Crippen LogP contribution is 2.36. The van der Waals surface area contributed by atoms with E-state index in [-0.39, 0.29) is 15.6 Å². The minimum atomic E-state index is -4.98. The molecule has 3 heterocycles. The number of hydrogen-bond donors (Lipinski definition) is 0. The Morgan fingerprint density at radius 3 is 2.32 bits per heavy atom. The summed E-state index contributed by atoms with van der Waals surface area (Å²) in [6, 6.07) is 6.28. The van der Waals surface area contributed by atoms with Gasteiger partial charge in [0.1, 0.15) is 4.83 Å². The maximum absolute atomic E-state index is 13.6. The number of rotatable bonds is 2. The van der Waals surface area contributed by atoms with Crippen molar-refractivity contribution in [1.29, 1.82) is 0 Å². The number of halogens is 6. The van der Waals surface area contributed by atoms with Gasteiger partial charge in [-0.05, 0) is 36.8 Å². The monoisotopic (exact) mass is 455 g/mol. The highest BCUT2D eigenvalue weighted by molar-refractivity contribution is 7.24.